The predicted molar refractivity (Wildman–Crippen MR) is 109 cm³/mol. The monoisotopic (exact) mass is 392 g/mol. The van der Waals surface area contributed by atoms with Gasteiger partial charge in [-0.15, -0.1) is 0 Å². The molecule has 0 saturated carbocycles. The van der Waals surface area contributed by atoms with Crippen LogP contribution in [0, 0.1) is 0 Å². The van der Waals surface area contributed by atoms with Gasteiger partial charge in [0.2, 0.25) is 0 Å². The van der Waals surface area contributed by atoms with Crippen LogP contribution in [0.2, 0.25) is 0 Å². The first kappa shape index (κ1) is 19.9. The molecule has 7 heteroatoms. The van der Waals surface area contributed by atoms with Gasteiger partial charge in [-0.05, 0) is 48.2 Å². The molecule has 0 aliphatic rings. The molecule has 2 N–H and O–H groups in total. The number of carboxylic acids is 1. The van der Waals surface area contributed by atoms with E-state index in [1.54, 1.807) is 31.2 Å². The highest BCUT2D eigenvalue weighted by molar-refractivity contribution is 5.89. The van der Waals surface area contributed by atoms with Crippen molar-refractivity contribution in [2.24, 2.45) is 5.10 Å². The third kappa shape index (κ3) is 5.55. The number of benzene rings is 3. The maximum absolute atomic E-state index is 12.3. The average molecular weight is 392 g/mol. The van der Waals surface area contributed by atoms with Crippen molar-refractivity contribution < 1.29 is 24.2 Å². The highest BCUT2D eigenvalue weighted by Gasteiger charge is 2.15. The fourth-order valence-corrected chi connectivity index (χ4v) is 2.60. The number of carboxylic acid groups (broad SMARTS) is 1. The van der Waals surface area contributed by atoms with Crippen molar-refractivity contribution >= 4 is 28.9 Å². The van der Waals surface area contributed by atoms with Gasteiger partial charge in [0.1, 0.15) is 11.5 Å². The maximum Gasteiger partial charge on any atom is 0.341 e. The molecule has 0 radical (unpaired) electrons. The molecule has 0 heterocycles. The number of hydrogen-bond donors (Lipinski definition) is 2. The van der Waals surface area contributed by atoms with Gasteiger partial charge in [0.25, 0.3) is 5.91 Å². The predicted octanol–water partition coefficient (Wildman–Crippen LogP) is 3.22. The molecule has 0 fully saturated rings. The Morgan fingerprint density at radius 3 is 2.55 bits per heavy atom. The first-order valence-corrected chi connectivity index (χ1v) is 8.95. The van der Waals surface area contributed by atoms with E-state index in [2.05, 4.69) is 10.5 Å². The number of rotatable bonds is 8. The number of aliphatic carboxylic acids is 1. The molecule has 3 rings (SSSR count). The molecule has 0 spiro atoms. The minimum absolute atomic E-state index is 0.379. The molecule has 7 nitrogen and oxygen atoms in total. The number of nitrogens with one attached hydrogen (secondary N) is 1. The van der Waals surface area contributed by atoms with Gasteiger partial charge in [-0.1, -0.05) is 36.4 Å². The second-order valence-corrected chi connectivity index (χ2v) is 6.22. The topological polar surface area (TPSA) is 97.2 Å². The third-order valence-electron chi connectivity index (χ3n) is 4.05. The fraction of sp³-hybridized carbons (Fsp3) is 0.136. The van der Waals surface area contributed by atoms with E-state index in [1.165, 1.54) is 6.21 Å². The molecule has 0 aliphatic carbocycles. The van der Waals surface area contributed by atoms with Crippen molar-refractivity contribution in [1.82, 2.24) is 5.43 Å². The van der Waals surface area contributed by atoms with Crippen molar-refractivity contribution in [3.05, 3.63) is 72.3 Å². The summed E-state index contributed by atoms with van der Waals surface area (Å²) < 4.78 is 10.9. The normalized spacial score (nSPS) is 11.9. The van der Waals surface area contributed by atoms with E-state index in [1.807, 2.05) is 42.5 Å². The minimum Gasteiger partial charge on any atom is -0.482 e. The molecule has 0 aliphatic heterocycles. The Balaban J connectivity index is 1.55. The molecule has 0 bridgehead atoms. The van der Waals surface area contributed by atoms with Crippen molar-refractivity contribution in [1.29, 1.82) is 0 Å². The van der Waals surface area contributed by atoms with Gasteiger partial charge in [-0.25, -0.2) is 10.2 Å². The van der Waals surface area contributed by atoms with Gasteiger partial charge in [0.05, 0.1) is 6.21 Å². The number of amides is 1. The number of carbonyl (C=O) groups is 2. The molecule has 3 aromatic carbocycles. The SMILES string of the molecule is CC(Oc1cccc2ccccc12)C(=O)N/N=C/c1ccc(OCC(=O)O)cc1. The van der Waals surface area contributed by atoms with Crippen LogP contribution in [0.5, 0.6) is 11.5 Å². The zero-order valence-electron chi connectivity index (χ0n) is 15.7. The first-order valence-electron chi connectivity index (χ1n) is 8.95. The summed E-state index contributed by atoms with van der Waals surface area (Å²) in [6.07, 6.45) is 0.744. The lowest BCUT2D eigenvalue weighted by atomic mass is 10.1. The first-order chi connectivity index (χ1) is 14.0. The van der Waals surface area contributed by atoms with E-state index in [-0.39, 0.29) is 5.91 Å². The molecule has 148 valence electrons. The zero-order chi connectivity index (χ0) is 20.6. The Bertz CT molecular complexity index is 1030. The fourth-order valence-electron chi connectivity index (χ4n) is 2.60. The lowest BCUT2D eigenvalue weighted by molar-refractivity contribution is -0.139. The van der Waals surface area contributed by atoms with Crippen LogP contribution < -0.4 is 14.9 Å². The van der Waals surface area contributed by atoms with E-state index < -0.39 is 18.7 Å². The van der Waals surface area contributed by atoms with E-state index in [0.717, 1.165) is 16.3 Å². The molecule has 0 saturated heterocycles. The molecular weight excluding hydrogens is 372 g/mol. The third-order valence-corrected chi connectivity index (χ3v) is 4.05. The van der Waals surface area contributed by atoms with Crippen LogP contribution >= 0.6 is 0 Å². The number of carbonyl (C=O) groups excluding carboxylic acids is 1. The van der Waals surface area contributed by atoms with Gasteiger partial charge < -0.3 is 14.6 Å². The van der Waals surface area contributed by atoms with E-state index in [4.69, 9.17) is 14.6 Å². The van der Waals surface area contributed by atoms with Crippen LogP contribution in [0.4, 0.5) is 0 Å². The highest BCUT2D eigenvalue weighted by atomic mass is 16.5. The zero-order valence-corrected chi connectivity index (χ0v) is 15.7. The van der Waals surface area contributed by atoms with Crippen LogP contribution in [0.15, 0.2) is 71.8 Å². The number of fused-ring (bicyclic) bond motifs is 1. The van der Waals surface area contributed by atoms with Gasteiger partial charge in [0, 0.05) is 5.39 Å². The lowest BCUT2D eigenvalue weighted by Gasteiger charge is -2.14. The van der Waals surface area contributed by atoms with E-state index >= 15 is 0 Å². The number of ether oxygens (including phenoxy) is 2. The summed E-state index contributed by atoms with van der Waals surface area (Å²) in [5, 5.41) is 14.5. The van der Waals surface area contributed by atoms with Crippen LogP contribution in [-0.2, 0) is 9.59 Å². The van der Waals surface area contributed by atoms with E-state index in [0.29, 0.717) is 11.5 Å². The summed E-state index contributed by atoms with van der Waals surface area (Å²) in [6.45, 7) is 1.25. The Kier molecular flexibility index (Phi) is 6.42. The summed E-state index contributed by atoms with van der Waals surface area (Å²) in [7, 11) is 0. The van der Waals surface area contributed by atoms with Crippen molar-refractivity contribution in [3.8, 4) is 11.5 Å². The summed E-state index contributed by atoms with van der Waals surface area (Å²) in [6, 6.07) is 20.1. The van der Waals surface area contributed by atoms with Gasteiger partial charge >= 0.3 is 5.97 Å². The summed E-state index contributed by atoms with van der Waals surface area (Å²) in [5.41, 5.74) is 3.17. The summed E-state index contributed by atoms with van der Waals surface area (Å²) >= 11 is 0. The maximum atomic E-state index is 12.3. The average Bonchev–Trinajstić information content (AvgIpc) is 2.73. The Labute approximate surface area is 167 Å². The summed E-state index contributed by atoms with van der Waals surface area (Å²) in [5.74, 6) is -0.355. The molecule has 3 aromatic rings. The standard InChI is InChI=1S/C22H20N2O5/c1-15(29-20-8-4-6-17-5-2-3-7-19(17)20)22(27)24-23-13-16-9-11-18(12-10-16)28-14-21(25)26/h2-13,15H,14H2,1H3,(H,24,27)(H,25,26)/b23-13+. The Morgan fingerprint density at radius 2 is 1.79 bits per heavy atom. The quantitative estimate of drug-likeness (QED) is 0.453. The largest absolute Gasteiger partial charge is 0.482 e. The molecule has 0 aromatic heterocycles. The van der Waals surface area contributed by atoms with Crippen LogP contribution in [-0.4, -0.2) is 35.9 Å². The Hall–Kier alpha value is -3.87. The van der Waals surface area contributed by atoms with Crippen molar-refractivity contribution in [3.63, 3.8) is 0 Å². The number of hydrogen-bond acceptors (Lipinski definition) is 5. The van der Waals surface area contributed by atoms with Gasteiger partial charge in [-0.2, -0.15) is 5.10 Å². The van der Waals surface area contributed by atoms with Gasteiger partial charge in [0.15, 0.2) is 12.7 Å². The lowest BCUT2D eigenvalue weighted by Crippen LogP contribution is -2.33. The molecular formula is C22H20N2O5. The molecule has 29 heavy (non-hydrogen) atoms. The molecule has 1 atom stereocenters. The van der Waals surface area contributed by atoms with Crippen molar-refractivity contribution in [2.45, 2.75) is 13.0 Å². The van der Waals surface area contributed by atoms with Crippen LogP contribution in [0.25, 0.3) is 10.8 Å². The van der Waals surface area contributed by atoms with E-state index in [9.17, 15) is 9.59 Å². The second-order valence-electron chi connectivity index (χ2n) is 6.22. The van der Waals surface area contributed by atoms with Crippen molar-refractivity contribution in [2.75, 3.05) is 6.61 Å². The smallest absolute Gasteiger partial charge is 0.341 e. The minimum atomic E-state index is -1.04. The van der Waals surface area contributed by atoms with Gasteiger partial charge in [-0.3, -0.25) is 4.79 Å². The second kappa shape index (κ2) is 9.36. The highest BCUT2D eigenvalue weighted by Crippen LogP contribution is 2.26. The molecule has 1 unspecified atom stereocenters. The summed E-state index contributed by atoms with van der Waals surface area (Å²) in [4.78, 5) is 22.7. The molecule has 1 amide bonds. The number of nitrogens with zero attached hydrogens (tertiary/aromatic N) is 1. The van der Waals surface area contributed by atoms with Crippen LogP contribution in [0.1, 0.15) is 12.5 Å². The number of hydrazone groups is 1. The van der Waals surface area contributed by atoms with Crippen LogP contribution in [0.3, 0.4) is 0 Å². The Morgan fingerprint density at radius 1 is 1.07 bits per heavy atom.